The monoisotopic (exact) mass is 410 g/mol. The van der Waals surface area contributed by atoms with E-state index in [1.54, 1.807) is 28.5 Å². The molecule has 148 valence electrons. The number of carbonyl (C=O) groups is 1. The summed E-state index contributed by atoms with van der Waals surface area (Å²) in [6.07, 6.45) is -3.93. The summed E-state index contributed by atoms with van der Waals surface area (Å²) in [6.45, 7) is 0.924. The number of rotatable bonds is 4. The Balaban J connectivity index is 1.71. The summed E-state index contributed by atoms with van der Waals surface area (Å²) >= 11 is 1.33. The first kappa shape index (κ1) is 18.9. The average Bonchev–Trinajstić information content (AvgIpc) is 3.38. The van der Waals surface area contributed by atoms with E-state index < -0.39 is 11.9 Å². The van der Waals surface area contributed by atoms with Gasteiger partial charge < -0.3 is 9.64 Å². The van der Waals surface area contributed by atoms with Crippen LogP contribution in [0.1, 0.15) is 23.7 Å². The number of ether oxygens (including phenoxy) is 1. The number of nitrogens with zero attached hydrogens (tertiary/aromatic N) is 4. The summed E-state index contributed by atoms with van der Waals surface area (Å²) in [5.74, 6) is -0.267. The van der Waals surface area contributed by atoms with Crippen LogP contribution < -0.4 is 0 Å². The molecule has 0 radical (unpaired) electrons. The molecule has 3 aromatic heterocycles. The second-order valence-corrected chi connectivity index (χ2v) is 7.55. The highest BCUT2D eigenvalue weighted by molar-refractivity contribution is 7.13. The first-order valence-corrected chi connectivity index (χ1v) is 9.53. The fraction of sp³-hybridized carbons (Fsp3) is 0.389. The smallest absolute Gasteiger partial charge is 0.375 e. The van der Waals surface area contributed by atoms with Crippen LogP contribution in [0.3, 0.4) is 0 Å². The Labute approximate surface area is 162 Å². The molecular formula is C18H17F3N4O2S. The van der Waals surface area contributed by atoms with Gasteiger partial charge in [0.15, 0.2) is 11.3 Å². The second-order valence-electron chi connectivity index (χ2n) is 6.60. The molecule has 28 heavy (non-hydrogen) atoms. The Morgan fingerprint density at radius 2 is 2.21 bits per heavy atom. The second kappa shape index (κ2) is 7.17. The van der Waals surface area contributed by atoms with Crippen LogP contribution >= 0.6 is 11.3 Å². The molecule has 1 aliphatic heterocycles. The summed E-state index contributed by atoms with van der Waals surface area (Å²) in [6, 6.07) is 6.11. The molecule has 10 heteroatoms. The van der Waals surface area contributed by atoms with E-state index in [1.807, 2.05) is 0 Å². The highest BCUT2D eigenvalue weighted by Crippen LogP contribution is 2.35. The minimum atomic E-state index is -4.56. The van der Waals surface area contributed by atoms with Crippen LogP contribution in [0.25, 0.3) is 16.2 Å². The van der Waals surface area contributed by atoms with Crippen molar-refractivity contribution in [3.05, 3.63) is 41.0 Å². The predicted molar refractivity (Wildman–Crippen MR) is 97.1 cm³/mol. The topological polar surface area (TPSA) is 59.7 Å². The summed E-state index contributed by atoms with van der Waals surface area (Å²) in [5, 5.41) is 5.98. The number of alkyl halides is 3. The highest BCUT2D eigenvalue weighted by atomic mass is 32.1. The number of hydrogen-bond donors (Lipinski definition) is 0. The minimum Gasteiger partial charge on any atom is -0.375 e. The van der Waals surface area contributed by atoms with Crippen LogP contribution in [-0.4, -0.2) is 52.2 Å². The van der Waals surface area contributed by atoms with Crippen molar-refractivity contribution in [2.24, 2.45) is 0 Å². The molecule has 0 spiro atoms. The first-order valence-electron chi connectivity index (χ1n) is 8.65. The number of thiophene rings is 1. The van der Waals surface area contributed by atoms with Crippen LogP contribution in [0.15, 0.2) is 29.6 Å². The van der Waals surface area contributed by atoms with Crippen molar-refractivity contribution >= 4 is 22.9 Å². The SMILES string of the molecule is COCC(=O)N1CCC(c2cc3nc(-c4cccs4)cc(C(F)(F)F)n3n2)C1. The maximum absolute atomic E-state index is 13.6. The number of methoxy groups -OCH3 is 1. The van der Waals surface area contributed by atoms with Crippen LogP contribution in [-0.2, 0) is 15.7 Å². The van der Waals surface area contributed by atoms with E-state index in [0.717, 1.165) is 10.6 Å². The van der Waals surface area contributed by atoms with Gasteiger partial charge >= 0.3 is 6.18 Å². The van der Waals surface area contributed by atoms with Crippen LogP contribution in [0, 0.1) is 0 Å². The van der Waals surface area contributed by atoms with E-state index in [2.05, 4.69) is 10.1 Å². The number of fused-ring (bicyclic) bond motifs is 1. The maximum atomic E-state index is 13.6. The molecule has 0 aliphatic carbocycles. The summed E-state index contributed by atoms with van der Waals surface area (Å²) in [4.78, 5) is 18.7. The molecule has 6 nitrogen and oxygen atoms in total. The Bertz CT molecular complexity index is 1000. The maximum Gasteiger partial charge on any atom is 0.433 e. The van der Waals surface area contributed by atoms with Gasteiger partial charge in [-0.05, 0) is 23.9 Å². The largest absolute Gasteiger partial charge is 0.433 e. The number of halogens is 3. The molecule has 0 saturated carbocycles. The Morgan fingerprint density at radius 1 is 1.39 bits per heavy atom. The Hall–Kier alpha value is -2.46. The molecular weight excluding hydrogens is 393 g/mol. The van der Waals surface area contributed by atoms with Crippen molar-refractivity contribution in [1.82, 2.24) is 19.5 Å². The molecule has 4 heterocycles. The third-order valence-electron chi connectivity index (χ3n) is 4.74. The molecule has 1 unspecified atom stereocenters. The standard InChI is InChI=1S/C18H17F3N4O2S/c1-27-10-17(26)24-5-4-11(9-24)12-8-16-22-13(14-3-2-6-28-14)7-15(18(19,20)21)25(16)23-12/h2-3,6-8,11H,4-5,9-10H2,1H3. The van der Waals surface area contributed by atoms with E-state index in [1.165, 1.54) is 18.4 Å². The van der Waals surface area contributed by atoms with E-state index in [9.17, 15) is 18.0 Å². The third kappa shape index (κ3) is 3.49. The number of carbonyl (C=O) groups excluding carboxylic acids is 1. The number of amides is 1. The van der Waals surface area contributed by atoms with Gasteiger partial charge in [-0.15, -0.1) is 11.3 Å². The van der Waals surface area contributed by atoms with Gasteiger partial charge in [0.2, 0.25) is 5.91 Å². The molecule has 0 bridgehead atoms. The molecule has 1 aliphatic rings. The zero-order chi connectivity index (χ0) is 19.9. The molecule has 0 N–H and O–H groups in total. The quantitative estimate of drug-likeness (QED) is 0.661. The summed E-state index contributed by atoms with van der Waals surface area (Å²) < 4.78 is 46.6. The van der Waals surface area contributed by atoms with Gasteiger partial charge in [-0.1, -0.05) is 6.07 Å². The Morgan fingerprint density at radius 3 is 2.89 bits per heavy atom. The van der Waals surface area contributed by atoms with Crippen molar-refractivity contribution in [2.75, 3.05) is 26.8 Å². The van der Waals surface area contributed by atoms with Gasteiger partial charge in [0, 0.05) is 32.2 Å². The van der Waals surface area contributed by atoms with E-state index in [0.29, 0.717) is 30.1 Å². The van der Waals surface area contributed by atoms with Gasteiger partial charge in [0.25, 0.3) is 0 Å². The molecule has 3 aromatic rings. The average molecular weight is 410 g/mol. The van der Waals surface area contributed by atoms with Crippen molar-refractivity contribution in [3.8, 4) is 10.6 Å². The van der Waals surface area contributed by atoms with E-state index >= 15 is 0 Å². The van der Waals surface area contributed by atoms with Crippen LogP contribution in [0.2, 0.25) is 0 Å². The number of aromatic nitrogens is 3. The van der Waals surface area contributed by atoms with E-state index in [4.69, 9.17) is 4.74 Å². The predicted octanol–water partition coefficient (Wildman–Crippen LogP) is 3.44. The lowest BCUT2D eigenvalue weighted by Crippen LogP contribution is -2.31. The zero-order valence-corrected chi connectivity index (χ0v) is 15.8. The molecule has 1 fully saturated rings. The minimum absolute atomic E-state index is 0.0121. The number of hydrogen-bond acceptors (Lipinski definition) is 5. The summed E-state index contributed by atoms with van der Waals surface area (Å²) in [5.41, 5.74) is 0.0611. The van der Waals surface area contributed by atoms with Gasteiger partial charge in [-0.3, -0.25) is 4.79 Å². The molecule has 0 aromatic carbocycles. The fourth-order valence-corrected chi connectivity index (χ4v) is 4.07. The van der Waals surface area contributed by atoms with Crippen molar-refractivity contribution in [3.63, 3.8) is 0 Å². The van der Waals surface area contributed by atoms with Gasteiger partial charge in [-0.25, -0.2) is 9.50 Å². The molecule has 1 atom stereocenters. The molecule has 4 rings (SSSR count). The lowest BCUT2D eigenvalue weighted by molar-refractivity contribution is -0.142. The van der Waals surface area contributed by atoms with Gasteiger partial charge in [0.05, 0.1) is 16.3 Å². The van der Waals surface area contributed by atoms with Gasteiger partial charge in [-0.2, -0.15) is 18.3 Å². The lowest BCUT2D eigenvalue weighted by atomic mass is 10.1. The molecule has 1 saturated heterocycles. The highest BCUT2D eigenvalue weighted by Gasteiger charge is 2.36. The van der Waals surface area contributed by atoms with Crippen molar-refractivity contribution in [2.45, 2.75) is 18.5 Å². The van der Waals surface area contributed by atoms with Crippen LogP contribution in [0.4, 0.5) is 13.2 Å². The van der Waals surface area contributed by atoms with Crippen molar-refractivity contribution in [1.29, 1.82) is 0 Å². The van der Waals surface area contributed by atoms with Crippen molar-refractivity contribution < 1.29 is 22.7 Å². The normalized spacial score (nSPS) is 17.6. The first-order chi connectivity index (χ1) is 13.4. The third-order valence-corrected chi connectivity index (χ3v) is 5.63. The zero-order valence-electron chi connectivity index (χ0n) is 14.9. The fourth-order valence-electron chi connectivity index (χ4n) is 3.39. The molecule has 1 amide bonds. The lowest BCUT2D eigenvalue weighted by Gasteiger charge is -2.15. The summed E-state index contributed by atoms with van der Waals surface area (Å²) in [7, 11) is 1.45. The van der Waals surface area contributed by atoms with E-state index in [-0.39, 0.29) is 29.8 Å². The number of likely N-dealkylation sites (tertiary alicyclic amines) is 1. The van der Waals surface area contributed by atoms with Crippen LogP contribution in [0.5, 0.6) is 0 Å². The van der Waals surface area contributed by atoms with Gasteiger partial charge in [0.1, 0.15) is 6.61 Å². The Kier molecular flexibility index (Phi) is 4.84.